The van der Waals surface area contributed by atoms with Crippen LogP contribution in [0.15, 0.2) is 65.6 Å². The van der Waals surface area contributed by atoms with E-state index in [1.165, 1.54) is 35.3 Å². The van der Waals surface area contributed by atoms with Crippen LogP contribution >= 0.6 is 23.4 Å². The number of fused-ring (bicyclic) bond motifs is 3. The van der Waals surface area contributed by atoms with Gasteiger partial charge in [0.05, 0.1) is 28.3 Å². The number of carbonyl (C=O) groups is 2. The molecule has 10 heteroatoms. The highest BCUT2D eigenvalue weighted by atomic mass is 35.5. The van der Waals surface area contributed by atoms with Crippen molar-refractivity contribution in [1.29, 1.82) is 0 Å². The molecule has 168 valence electrons. The number of imide groups is 1. The van der Waals surface area contributed by atoms with E-state index in [1.807, 2.05) is 12.1 Å². The Morgan fingerprint density at radius 2 is 1.76 bits per heavy atom. The van der Waals surface area contributed by atoms with E-state index in [1.54, 1.807) is 24.3 Å². The highest BCUT2D eigenvalue weighted by molar-refractivity contribution is 8.15. The third-order valence-electron chi connectivity index (χ3n) is 5.55. The predicted molar refractivity (Wildman–Crippen MR) is 129 cm³/mol. The van der Waals surface area contributed by atoms with Crippen LogP contribution in [0.25, 0.3) is 21.8 Å². The van der Waals surface area contributed by atoms with Gasteiger partial charge in [0, 0.05) is 15.8 Å². The van der Waals surface area contributed by atoms with Crippen molar-refractivity contribution in [3.63, 3.8) is 0 Å². The Hall–Kier alpha value is -3.01. The lowest BCUT2D eigenvalue weighted by atomic mass is 10.0. The van der Waals surface area contributed by atoms with Gasteiger partial charge in [-0.25, -0.2) is 12.4 Å². The van der Waals surface area contributed by atoms with Crippen LogP contribution < -0.4 is 10.1 Å². The summed E-state index contributed by atoms with van der Waals surface area (Å²) >= 11 is 6.87. The van der Waals surface area contributed by atoms with Gasteiger partial charge < -0.3 is 4.74 Å². The number of rotatable bonds is 5. The number of thioether (sulfide) groups is 1. The van der Waals surface area contributed by atoms with Gasteiger partial charge in [0.15, 0.2) is 0 Å². The molecule has 1 aliphatic heterocycles. The molecule has 2 amide bonds. The zero-order chi connectivity index (χ0) is 23.3. The highest BCUT2D eigenvalue weighted by Crippen LogP contribution is 2.38. The van der Waals surface area contributed by atoms with Crippen LogP contribution in [0.2, 0.25) is 5.02 Å². The summed E-state index contributed by atoms with van der Waals surface area (Å²) < 4.78 is 34.3. The number of nitrogens with one attached hydrogen (secondary N) is 1. The van der Waals surface area contributed by atoms with E-state index < -0.39 is 20.5 Å². The maximum absolute atomic E-state index is 13.7. The van der Waals surface area contributed by atoms with Crippen molar-refractivity contribution < 1.29 is 22.7 Å². The number of methoxy groups -OCH3 is 1. The first-order valence-electron chi connectivity index (χ1n) is 9.92. The second-order valence-electron chi connectivity index (χ2n) is 7.51. The molecule has 0 bridgehead atoms. The summed E-state index contributed by atoms with van der Waals surface area (Å²) in [7, 11) is -2.45. The van der Waals surface area contributed by atoms with E-state index in [0.29, 0.717) is 32.8 Å². The second-order valence-corrected chi connectivity index (χ2v) is 10.9. The zero-order valence-electron chi connectivity index (χ0n) is 17.2. The molecule has 1 aliphatic rings. The molecule has 33 heavy (non-hydrogen) atoms. The Labute approximate surface area is 198 Å². The Morgan fingerprint density at radius 1 is 1.03 bits per heavy atom. The smallest absolute Gasteiger partial charge is 0.286 e. The average molecular weight is 501 g/mol. The largest absolute Gasteiger partial charge is 0.496 e. The van der Waals surface area contributed by atoms with Gasteiger partial charge in [-0.3, -0.25) is 14.9 Å². The first kappa shape index (κ1) is 21.8. The summed E-state index contributed by atoms with van der Waals surface area (Å²) in [5, 5.41) is 3.14. The van der Waals surface area contributed by atoms with Crippen LogP contribution in [-0.2, 0) is 21.2 Å². The van der Waals surface area contributed by atoms with Gasteiger partial charge in [-0.15, -0.1) is 0 Å². The van der Waals surface area contributed by atoms with E-state index in [0.717, 1.165) is 17.1 Å². The van der Waals surface area contributed by atoms with Gasteiger partial charge in [-0.2, -0.15) is 0 Å². The predicted octanol–water partition coefficient (Wildman–Crippen LogP) is 4.59. The van der Waals surface area contributed by atoms with Crippen LogP contribution in [0.5, 0.6) is 5.75 Å². The number of hydrogen-bond donors (Lipinski definition) is 1. The van der Waals surface area contributed by atoms with Crippen molar-refractivity contribution >= 4 is 66.3 Å². The monoisotopic (exact) mass is 500 g/mol. The molecule has 7 nitrogen and oxygen atoms in total. The standard InChI is InChI=1S/C23H17ClN2O5S2/c1-31-20-12-17-16-4-2-3-5-18(16)26(33(29,30)15-8-6-14(24)7-9-15)19(17)10-13(20)11-21-22(27)25-23(28)32-21/h2-10,12,21H,11H2,1H3,(H,25,27,28). The molecule has 3 aromatic carbocycles. The Kier molecular flexibility index (Phi) is 5.35. The molecule has 0 radical (unpaired) electrons. The number of ether oxygens (including phenoxy) is 1. The summed E-state index contributed by atoms with van der Waals surface area (Å²) in [4.78, 5) is 23.8. The first-order chi connectivity index (χ1) is 15.8. The summed E-state index contributed by atoms with van der Waals surface area (Å²) in [6.45, 7) is 0. The summed E-state index contributed by atoms with van der Waals surface area (Å²) in [6.07, 6.45) is 0.212. The minimum atomic E-state index is -3.97. The number of amides is 2. The van der Waals surface area contributed by atoms with Crippen molar-refractivity contribution in [3.8, 4) is 5.75 Å². The number of hydrogen-bond acceptors (Lipinski definition) is 6. The number of nitrogens with zero attached hydrogens (tertiary/aromatic N) is 1. The van der Waals surface area contributed by atoms with E-state index in [-0.39, 0.29) is 17.2 Å². The number of aromatic nitrogens is 1. The fourth-order valence-electron chi connectivity index (χ4n) is 4.05. The molecule has 4 aromatic rings. The van der Waals surface area contributed by atoms with E-state index in [9.17, 15) is 18.0 Å². The molecule has 1 unspecified atom stereocenters. The SMILES string of the molecule is COc1cc2c3ccccc3n(S(=O)(=O)c3ccc(Cl)cc3)c2cc1CC1SC(=O)NC1=O. The highest BCUT2D eigenvalue weighted by Gasteiger charge is 2.33. The zero-order valence-corrected chi connectivity index (χ0v) is 19.6. The minimum absolute atomic E-state index is 0.100. The molecule has 0 spiro atoms. The van der Waals surface area contributed by atoms with Crippen LogP contribution in [0, 0.1) is 0 Å². The fraction of sp³-hybridized carbons (Fsp3) is 0.130. The molecule has 1 N–H and O–H groups in total. The second kappa shape index (κ2) is 8.09. The van der Waals surface area contributed by atoms with Crippen molar-refractivity contribution in [1.82, 2.24) is 9.29 Å². The number of para-hydroxylation sites is 1. The van der Waals surface area contributed by atoms with Gasteiger partial charge in [0.25, 0.3) is 15.3 Å². The maximum atomic E-state index is 13.7. The Bertz CT molecular complexity index is 1540. The molecular weight excluding hydrogens is 484 g/mol. The molecule has 2 heterocycles. The van der Waals surface area contributed by atoms with Gasteiger partial charge >= 0.3 is 0 Å². The molecule has 1 atom stereocenters. The Balaban J connectivity index is 1.76. The van der Waals surface area contributed by atoms with Crippen LogP contribution in [0.3, 0.4) is 0 Å². The third-order valence-corrected chi connectivity index (χ3v) is 8.53. The summed E-state index contributed by atoms with van der Waals surface area (Å²) in [5.41, 5.74) is 1.60. The Morgan fingerprint density at radius 3 is 2.42 bits per heavy atom. The van der Waals surface area contributed by atoms with Gasteiger partial charge in [0.1, 0.15) is 5.75 Å². The summed E-state index contributed by atoms with van der Waals surface area (Å²) in [6, 6.07) is 16.7. The average Bonchev–Trinajstić information content (AvgIpc) is 3.29. The molecule has 0 aliphatic carbocycles. The van der Waals surface area contributed by atoms with Gasteiger partial charge in [0.2, 0.25) is 5.91 Å². The fourth-order valence-corrected chi connectivity index (χ4v) is 6.54. The molecule has 1 aromatic heterocycles. The lowest BCUT2D eigenvalue weighted by molar-refractivity contribution is -0.118. The summed E-state index contributed by atoms with van der Waals surface area (Å²) in [5.74, 6) is 0.142. The molecule has 5 rings (SSSR count). The van der Waals surface area contributed by atoms with E-state index in [2.05, 4.69) is 5.32 Å². The quantitative estimate of drug-likeness (QED) is 0.431. The van der Waals surface area contributed by atoms with Crippen molar-refractivity contribution in [2.24, 2.45) is 0 Å². The van der Waals surface area contributed by atoms with E-state index in [4.69, 9.17) is 16.3 Å². The van der Waals surface area contributed by atoms with Crippen LogP contribution in [0.1, 0.15) is 5.56 Å². The normalized spacial score (nSPS) is 16.5. The topological polar surface area (TPSA) is 94.5 Å². The number of carbonyl (C=O) groups excluding carboxylic acids is 2. The number of halogens is 1. The van der Waals surface area contributed by atoms with Crippen molar-refractivity contribution in [2.45, 2.75) is 16.6 Å². The van der Waals surface area contributed by atoms with Crippen molar-refractivity contribution in [3.05, 3.63) is 71.2 Å². The maximum Gasteiger partial charge on any atom is 0.286 e. The first-order valence-corrected chi connectivity index (χ1v) is 12.6. The van der Waals surface area contributed by atoms with Gasteiger partial charge in [-0.1, -0.05) is 41.6 Å². The lowest BCUT2D eigenvalue weighted by Gasteiger charge is -2.13. The molecule has 1 fully saturated rings. The van der Waals surface area contributed by atoms with Crippen LogP contribution in [-0.4, -0.2) is 35.9 Å². The van der Waals surface area contributed by atoms with E-state index >= 15 is 0 Å². The molecule has 0 saturated carbocycles. The van der Waals surface area contributed by atoms with Crippen LogP contribution in [0.4, 0.5) is 4.79 Å². The van der Waals surface area contributed by atoms with Crippen molar-refractivity contribution in [2.75, 3.05) is 7.11 Å². The molecule has 1 saturated heterocycles. The lowest BCUT2D eigenvalue weighted by Crippen LogP contribution is -2.25. The minimum Gasteiger partial charge on any atom is -0.496 e. The molecular formula is C23H17ClN2O5S2. The number of benzene rings is 3. The van der Waals surface area contributed by atoms with Gasteiger partial charge in [-0.05, 0) is 54.4 Å². The third kappa shape index (κ3) is 3.66.